The summed E-state index contributed by atoms with van der Waals surface area (Å²) in [4.78, 5) is 77.7. The topological polar surface area (TPSA) is 191 Å². The predicted molar refractivity (Wildman–Crippen MR) is 222 cm³/mol. The lowest BCUT2D eigenvalue weighted by molar-refractivity contribution is -0.141. The van der Waals surface area contributed by atoms with E-state index in [4.69, 9.17) is 10.7 Å². The number of amides is 5. The number of alkyl halides is 3. The van der Waals surface area contributed by atoms with Gasteiger partial charge in [0.25, 0.3) is 17.7 Å². The number of carbonyl (C=O) groups is 5. The Kier molecular flexibility index (Phi) is 11.8. The van der Waals surface area contributed by atoms with E-state index in [1.165, 1.54) is 26.0 Å². The molecule has 5 N–H and O–H groups in total. The molecule has 1 unspecified atom stereocenters. The van der Waals surface area contributed by atoms with Crippen molar-refractivity contribution in [2.45, 2.75) is 90.1 Å². The quantitative estimate of drug-likeness (QED) is 0.117. The second-order valence-corrected chi connectivity index (χ2v) is 17.7. The molecule has 0 spiro atoms. The van der Waals surface area contributed by atoms with Gasteiger partial charge in [-0.15, -0.1) is 0 Å². The van der Waals surface area contributed by atoms with Gasteiger partial charge in [-0.3, -0.25) is 39.2 Å². The largest absolute Gasteiger partial charge is 0.433 e. The number of aliphatic hydroxyl groups is 1. The molecule has 7 rings (SSSR count). The maximum absolute atomic E-state index is 13.4. The van der Waals surface area contributed by atoms with E-state index >= 15 is 0 Å². The molecule has 1 aromatic heterocycles. The van der Waals surface area contributed by atoms with E-state index in [-0.39, 0.29) is 46.7 Å². The Morgan fingerprint density at radius 3 is 2.28 bits per heavy atom. The van der Waals surface area contributed by atoms with Crippen LogP contribution in [0.4, 0.5) is 30.2 Å². The highest BCUT2D eigenvalue weighted by Crippen LogP contribution is 2.39. The average Bonchev–Trinajstić information content (AvgIpc) is 3.45. The number of nitrogens with one attached hydrogen (secondary N) is 2. The second-order valence-electron chi connectivity index (χ2n) is 17.7. The summed E-state index contributed by atoms with van der Waals surface area (Å²) in [6, 6.07) is 10.4. The number of hydrogen-bond donors (Lipinski definition) is 4. The summed E-state index contributed by atoms with van der Waals surface area (Å²) in [6.07, 6.45) is 0.633. The van der Waals surface area contributed by atoms with Crippen LogP contribution in [0.2, 0.25) is 0 Å². The fraction of sp³-hybridized carbons (Fsp3) is 0.477. The summed E-state index contributed by atoms with van der Waals surface area (Å²) in [5.41, 5.74) is 5.98. The molecule has 5 heterocycles. The van der Waals surface area contributed by atoms with Crippen molar-refractivity contribution in [3.05, 3.63) is 82.2 Å². The van der Waals surface area contributed by atoms with E-state index < -0.39 is 58.7 Å². The summed E-state index contributed by atoms with van der Waals surface area (Å²) in [5.74, 6) is -2.50. The number of likely N-dealkylation sites (tertiary alicyclic amines) is 1. The zero-order chi connectivity index (χ0) is 44.0. The van der Waals surface area contributed by atoms with Crippen molar-refractivity contribution in [1.82, 2.24) is 20.1 Å². The maximum Gasteiger partial charge on any atom is 0.433 e. The van der Waals surface area contributed by atoms with Crippen LogP contribution in [-0.4, -0.2) is 100 Å². The molecule has 324 valence electrons. The molecule has 2 aromatic carbocycles. The van der Waals surface area contributed by atoms with Crippen LogP contribution in [0.1, 0.15) is 114 Å². The number of imide groups is 2. The van der Waals surface area contributed by atoms with E-state index in [0.717, 1.165) is 81.1 Å². The molecule has 61 heavy (non-hydrogen) atoms. The number of carbonyl (C=O) groups excluding carboxylic acids is 5. The minimum Gasteiger partial charge on any atom is -0.398 e. The van der Waals surface area contributed by atoms with Crippen LogP contribution in [0.5, 0.6) is 0 Å². The van der Waals surface area contributed by atoms with Gasteiger partial charge >= 0.3 is 6.18 Å². The van der Waals surface area contributed by atoms with Gasteiger partial charge in [0.2, 0.25) is 11.8 Å². The molecule has 17 heteroatoms. The van der Waals surface area contributed by atoms with Gasteiger partial charge in [-0.25, -0.2) is 4.98 Å². The molecule has 1 atom stereocenters. The summed E-state index contributed by atoms with van der Waals surface area (Å²) < 4.78 is 39.8. The van der Waals surface area contributed by atoms with Crippen molar-refractivity contribution >= 4 is 52.8 Å². The number of piperidine rings is 3. The van der Waals surface area contributed by atoms with Crippen molar-refractivity contribution in [3.8, 4) is 0 Å². The van der Waals surface area contributed by atoms with Gasteiger partial charge in [0.05, 0.1) is 22.8 Å². The van der Waals surface area contributed by atoms with Gasteiger partial charge in [0, 0.05) is 73.5 Å². The second kappa shape index (κ2) is 16.6. The highest BCUT2D eigenvalue weighted by atomic mass is 19.4. The van der Waals surface area contributed by atoms with Crippen molar-refractivity contribution in [1.29, 1.82) is 0 Å². The molecule has 3 aromatic rings. The third-order valence-corrected chi connectivity index (χ3v) is 12.4. The van der Waals surface area contributed by atoms with Gasteiger partial charge in [-0.05, 0) is 99.7 Å². The van der Waals surface area contributed by atoms with Crippen LogP contribution in [0, 0.1) is 11.3 Å². The lowest BCUT2D eigenvalue weighted by atomic mass is 9.73. The fourth-order valence-corrected chi connectivity index (χ4v) is 8.95. The number of nitrogens with two attached hydrogens (primary N) is 1. The number of aromatic nitrogens is 1. The van der Waals surface area contributed by atoms with Crippen molar-refractivity contribution in [2.24, 2.45) is 16.3 Å². The molecule has 4 aliphatic heterocycles. The van der Waals surface area contributed by atoms with Gasteiger partial charge in [-0.1, -0.05) is 19.9 Å². The van der Waals surface area contributed by atoms with Crippen LogP contribution in [0.25, 0.3) is 0 Å². The standard InChI is InChI=1S/C44H51F3N8O6/c1-42(2,26-12-18-54(19-13-26)28-8-9-29-30(21-28)41(60)55(40(29)59)35-10-11-37(56)52-39(35)58)24-53-16-14-27(15-17-53)49-23-25-20-34(31(22-32(25)48)43(3,4)61)51-38(57)33-6-5-7-36(50-33)44(45,46)47/h5-9,20-23,26-27,35,61H,10-19,24,48H2,1-4H3,(H,51,57)(H,52,56,58). The maximum atomic E-state index is 13.4. The predicted octanol–water partition coefficient (Wildman–Crippen LogP) is 5.39. The third kappa shape index (κ3) is 9.32. The van der Waals surface area contributed by atoms with Crippen LogP contribution in [0.3, 0.4) is 0 Å². The van der Waals surface area contributed by atoms with Crippen molar-refractivity contribution in [3.63, 3.8) is 0 Å². The third-order valence-electron chi connectivity index (χ3n) is 12.4. The number of halogens is 3. The summed E-state index contributed by atoms with van der Waals surface area (Å²) >= 11 is 0. The van der Waals surface area contributed by atoms with Crippen molar-refractivity contribution in [2.75, 3.05) is 48.7 Å². The molecule has 0 radical (unpaired) electrons. The van der Waals surface area contributed by atoms with Crippen LogP contribution < -0.4 is 21.3 Å². The van der Waals surface area contributed by atoms with Gasteiger partial charge < -0.3 is 26.0 Å². The Hall–Kier alpha value is -5.68. The van der Waals surface area contributed by atoms with Crippen molar-refractivity contribution < 1.29 is 42.3 Å². The molecular weight excluding hydrogens is 794 g/mol. The molecule has 4 aliphatic rings. The number of pyridine rings is 1. The molecule has 5 amide bonds. The zero-order valence-corrected chi connectivity index (χ0v) is 34.6. The number of rotatable bonds is 10. The monoisotopic (exact) mass is 844 g/mol. The van der Waals surface area contributed by atoms with E-state index in [1.807, 2.05) is 6.07 Å². The van der Waals surface area contributed by atoms with Crippen LogP contribution in [0.15, 0.2) is 53.5 Å². The highest BCUT2D eigenvalue weighted by Gasteiger charge is 2.45. The average molecular weight is 845 g/mol. The summed E-state index contributed by atoms with van der Waals surface area (Å²) in [6.45, 7) is 11.8. The Morgan fingerprint density at radius 1 is 0.934 bits per heavy atom. The van der Waals surface area contributed by atoms with E-state index in [9.17, 15) is 42.3 Å². The molecule has 14 nitrogen and oxygen atoms in total. The molecule has 0 saturated carbocycles. The normalized spacial score (nSPS) is 20.1. The minimum absolute atomic E-state index is 0.0199. The smallest absolute Gasteiger partial charge is 0.398 e. The van der Waals surface area contributed by atoms with Gasteiger partial charge in [0.15, 0.2) is 0 Å². The molecular formula is C44H51F3N8O6. The number of fused-ring (bicyclic) bond motifs is 1. The Balaban J connectivity index is 0.926. The lowest BCUT2D eigenvalue weighted by Crippen LogP contribution is -2.54. The molecule has 0 aliphatic carbocycles. The minimum atomic E-state index is -4.72. The number of benzene rings is 2. The number of aliphatic imine (C=N–C) groups is 1. The number of nitrogen functional groups attached to an aromatic ring is 1. The van der Waals surface area contributed by atoms with Crippen LogP contribution >= 0.6 is 0 Å². The highest BCUT2D eigenvalue weighted by molar-refractivity contribution is 6.23. The lowest BCUT2D eigenvalue weighted by Gasteiger charge is -2.44. The number of hydrogen-bond acceptors (Lipinski definition) is 11. The fourth-order valence-electron chi connectivity index (χ4n) is 8.95. The summed E-state index contributed by atoms with van der Waals surface area (Å²) in [7, 11) is 0. The Bertz CT molecular complexity index is 2270. The Labute approximate surface area is 351 Å². The number of anilines is 3. The van der Waals surface area contributed by atoms with Gasteiger partial charge in [-0.2, -0.15) is 13.2 Å². The Morgan fingerprint density at radius 2 is 1.62 bits per heavy atom. The molecule has 3 saturated heterocycles. The summed E-state index contributed by atoms with van der Waals surface area (Å²) in [5, 5.41) is 15.7. The van der Waals surface area contributed by atoms with E-state index in [0.29, 0.717) is 17.2 Å². The first-order chi connectivity index (χ1) is 28.7. The molecule has 0 bridgehead atoms. The first-order valence-corrected chi connectivity index (χ1v) is 20.6. The SMILES string of the molecule is CC(C)(O)c1cc(N)c(C=NC2CCN(CC(C)(C)C3CCN(c4ccc5c(c4)C(=O)N(C4CCC(=O)NC4=O)C5=O)CC3)CC2)cc1NC(=O)c1cccc(C(F)(F)F)n1. The van der Waals surface area contributed by atoms with Gasteiger partial charge in [0.1, 0.15) is 17.4 Å². The van der Waals surface area contributed by atoms with E-state index in [2.05, 4.69) is 39.3 Å². The molecule has 3 fully saturated rings. The first kappa shape index (κ1) is 43.4. The first-order valence-electron chi connectivity index (χ1n) is 20.6. The van der Waals surface area contributed by atoms with E-state index in [1.54, 1.807) is 24.4 Å². The van der Waals surface area contributed by atoms with Crippen LogP contribution in [-0.2, 0) is 21.4 Å². The zero-order valence-electron chi connectivity index (χ0n) is 34.6. The number of nitrogens with zero attached hydrogens (tertiary/aromatic N) is 5.